The number of aryl methyl sites for hydroxylation is 1. The minimum atomic E-state index is -4.47. The Balaban J connectivity index is 1.60. The lowest BCUT2D eigenvalue weighted by Gasteiger charge is -2.10. The molecule has 1 N–H and O–H groups in total. The first-order chi connectivity index (χ1) is 13.2. The summed E-state index contributed by atoms with van der Waals surface area (Å²) < 4.78 is 39.6. The molecule has 0 unspecified atom stereocenters. The van der Waals surface area contributed by atoms with Crippen LogP contribution in [0.1, 0.15) is 16.8 Å². The Hall–Kier alpha value is -2.81. The molecule has 3 rings (SSSR count). The number of anilines is 1. The first-order valence-corrected chi connectivity index (χ1v) is 9.42. The summed E-state index contributed by atoms with van der Waals surface area (Å²) in [6.45, 7) is 1.89. The Kier molecular flexibility index (Phi) is 5.73. The van der Waals surface area contributed by atoms with Gasteiger partial charge in [0.25, 0.3) is 5.56 Å². The highest BCUT2D eigenvalue weighted by Crippen LogP contribution is 2.30. The van der Waals surface area contributed by atoms with E-state index >= 15 is 0 Å². The molecule has 0 aliphatic rings. The van der Waals surface area contributed by atoms with Gasteiger partial charge in [-0.2, -0.15) is 13.2 Å². The Morgan fingerprint density at radius 1 is 1.21 bits per heavy atom. The lowest BCUT2D eigenvalue weighted by molar-refractivity contribution is -0.137. The van der Waals surface area contributed by atoms with Gasteiger partial charge in [0.15, 0.2) is 0 Å². The number of hydrogen-bond donors (Lipinski definition) is 1. The molecule has 2 aromatic heterocycles. The maximum absolute atomic E-state index is 12.7. The quantitative estimate of drug-likeness (QED) is 0.697. The van der Waals surface area contributed by atoms with Crippen LogP contribution in [0.4, 0.5) is 18.9 Å². The van der Waals surface area contributed by atoms with Crippen LogP contribution in [0.5, 0.6) is 0 Å². The first-order valence-electron chi connectivity index (χ1n) is 8.26. The number of hydrogen-bond acceptors (Lipinski definition) is 4. The van der Waals surface area contributed by atoms with Crippen LogP contribution in [0.3, 0.4) is 0 Å². The average molecular weight is 407 g/mol. The summed E-state index contributed by atoms with van der Waals surface area (Å²) in [5.74, 6) is -0.0847. The van der Waals surface area contributed by atoms with Crippen LogP contribution in [0.2, 0.25) is 0 Å². The van der Waals surface area contributed by atoms with Gasteiger partial charge < -0.3 is 5.32 Å². The van der Waals surface area contributed by atoms with Crippen molar-refractivity contribution in [2.24, 2.45) is 0 Å². The fourth-order valence-corrected chi connectivity index (χ4v) is 3.26. The van der Waals surface area contributed by atoms with Gasteiger partial charge in [-0.1, -0.05) is 6.07 Å². The zero-order valence-corrected chi connectivity index (χ0v) is 15.6. The van der Waals surface area contributed by atoms with Gasteiger partial charge in [0, 0.05) is 23.7 Å². The van der Waals surface area contributed by atoms with Gasteiger partial charge in [0.1, 0.15) is 5.65 Å². The fourth-order valence-electron chi connectivity index (χ4n) is 2.55. The Morgan fingerprint density at radius 3 is 2.75 bits per heavy atom. The van der Waals surface area contributed by atoms with E-state index in [1.807, 2.05) is 13.0 Å². The van der Waals surface area contributed by atoms with E-state index < -0.39 is 17.6 Å². The van der Waals surface area contributed by atoms with Crippen LogP contribution >= 0.6 is 11.8 Å². The number of nitrogens with zero attached hydrogens (tertiary/aromatic N) is 2. The molecule has 0 aliphatic carbocycles. The topological polar surface area (TPSA) is 63.5 Å². The Labute approximate surface area is 162 Å². The third kappa shape index (κ3) is 4.92. The summed E-state index contributed by atoms with van der Waals surface area (Å²) in [4.78, 5) is 28.5. The van der Waals surface area contributed by atoms with Crippen molar-refractivity contribution in [2.45, 2.75) is 18.9 Å². The molecule has 1 amide bonds. The third-order valence-corrected chi connectivity index (χ3v) is 4.80. The Morgan fingerprint density at radius 2 is 2.00 bits per heavy atom. The second-order valence-corrected chi connectivity index (χ2v) is 7.12. The summed E-state index contributed by atoms with van der Waals surface area (Å²) in [6.07, 6.45) is -2.82. The van der Waals surface area contributed by atoms with Crippen molar-refractivity contribution in [2.75, 3.05) is 11.1 Å². The normalized spacial score (nSPS) is 11.6. The lowest BCUT2D eigenvalue weighted by Crippen LogP contribution is -2.16. The van der Waals surface area contributed by atoms with Gasteiger partial charge in [-0.25, -0.2) is 4.98 Å². The molecule has 5 nitrogen and oxygen atoms in total. The summed E-state index contributed by atoms with van der Waals surface area (Å²) in [5, 5.41) is 2.44. The second kappa shape index (κ2) is 8.05. The highest BCUT2D eigenvalue weighted by atomic mass is 32.2. The molecule has 146 valence electrons. The van der Waals surface area contributed by atoms with Crippen molar-refractivity contribution in [3.05, 3.63) is 75.8 Å². The van der Waals surface area contributed by atoms with Gasteiger partial charge in [0.05, 0.1) is 17.0 Å². The van der Waals surface area contributed by atoms with Crippen LogP contribution in [-0.2, 0) is 16.7 Å². The molecule has 9 heteroatoms. The number of rotatable bonds is 5. The van der Waals surface area contributed by atoms with Crippen LogP contribution in [0.25, 0.3) is 5.65 Å². The van der Waals surface area contributed by atoms with E-state index in [1.165, 1.54) is 34.4 Å². The Bertz CT molecular complexity index is 1080. The zero-order valence-electron chi connectivity index (χ0n) is 14.8. The molecule has 0 bridgehead atoms. The number of carbonyl (C=O) groups excluding carboxylic acids is 1. The summed E-state index contributed by atoms with van der Waals surface area (Å²) in [6, 6.07) is 9.46. The summed E-state index contributed by atoms with van der Waals surface area (Å²) in [5.41, 5.74) is 1.07. The molecular weight excluding hydrogens is 391 g/mol. The van der Waals surface area contributed by atoms with Gasteiger partial charge in [-0.15, -0.1) is 11.8 Å². The molecule has 2 heterocycles. The minimum absolute atomic E-state index is 0.0190. The molecule has 1 aromatic carbocycles. The number of halogens is 3. The number of amides is 1. The van der Waals surface area contributed by atoms with Crippen LogP contribution in [-0.4, -0.2) is 21.0 Å². The first kappa shape index (κ1) is 19.9. The van der Waals surface area contributed by atoms with Gasteiger partial charge in [0.2, 0.25) is 5.91 Å². The monoisotopic (exact) mass is 407 g/mol. The smallest absolute Gasteiger partial charge is 0.325 e. The van der Waals surface area contributed by atoms with Crippen molar-refractivity contribution in [1.29, 1.82) is 0 Å². The van der Waals surface area contributed by atoms with E-state index in [0.717, 1.165) is 17.7 Å². The van der Waals surface area contributed by atoms with E-state index in [-0.39, 0.29) is 17.0 Å². The number of aromatic nitrogens is 2. The molecule has 3 aromatic rings. The number of alkyl halides is 3. The van der Waals surface area contributed by atoms with Gasteiger partial charge >= 0.3 is 6.18 Å². The lowest BCUT2D eigenvalue weighted by atomic mass is 10.2. The molecular formula is C19H16F3N3O2S. The van der Waals surface area contributed by atoms with Gasteiger partial charge in [-0.05, 0) is 42.8 Å². The molecule has 0 saturated carbocycles. The number of fused-ring (bicyclic) bond motifs is 1. The largest absolute Gasteiger partial charge is 0.416 e. The predicted molar refractivity (Wildman–Crippen MR) is 102 cm³/mol. The summed E-state index contributed by atoms with van der Waals surface area (Å²) in [7, 11) is 0. The number of thioether (sulfide) groups is 1. The summed E-state index contributed by atoms with van der Waals surface area (Å²) >= 11 is 1.22. The standard InChI is InChI=1S/C19H16F3N3O2S/c1-12-5-6-25-16(7-12)23-15(9-18(25)27)10-28-11-17(26)24-14-4-2-3-13(8-14)19(20,21)22/h2-9H,10-11H2,1H3,(H,24,26). The van der Waals surface area contributed by atoms with Crippen molar-refractivity contribution in [3.63, 3.8) is 0 Å². The zero-order chi connectivity index (χ0) is 20.3. The molecule has 0 radical (unpaired) electrons. The second-order valence-electron chi connectivity index (χ2n) is 6.14. The number of pyridine rings is 1. The van der Waals surface area contributed by atoms with E-state index in [2.05, 4.69) is 10.3 Å². The van der Waals surface area contributed by atoms with Crippen LogP contribution in [0.15, 0.2) is 53.5 Å². The van der Waals surface area contributed by atoms with E-state index in [4.69, 9.17) is 0 Å². The van der Waals surface area contributed by atoms with Crippen molar-refractivity contribution in [1.82, 2.24) is 9.38 Å². The van der Waals surface area contributed by atoms with Crippen molar-refractivity contribution < 1.29 is 18.0 Å². The number of benzene rings is 1. The van der Waals surface area contributed by atoms with Crippen LogP contribution < -0.4 is 10.9 Å². The van der Waals surface area contributed by atoms with E-state index in [1.54, 1.807) is 12.3 Å². The highest BCUT2D eigenvalue weighted by molar-refractivity contribution is 7.99. The van der Waals surface area contributed by atoms with Crippen molar-refractivity contribution >= 4 is 29.0 Å². The maximum Gasteiger partial charge on any atom is 0.416 e. The van der Waals surface area contributed by atoms with E-state index in [0.29, 0.717) is 17.1 Å². The fraction of sp³-hybridized carbons (Fsp3) is 0.211. The molecule has 0 aliphatic heterocycles. The van der Waals surface area contributed by atoms with Crippen molar-refractivity contribution in [3.8, 4) is 0 Å². The SMILES string of the molecule is Cc1ccn2c(=O)cc(CSCC(=O)Nc3cccc(C(F)(F)F)c3)nc2c1. The molecule has 28 heavy (non-hydrogen) atoms. The molecule has 0 spiro atoms. The van der Waals surface area contributed by atoms with Crippen LogP contribution in [0, 0.1) is 6.92 Å². The molecule has 0 fully saturated rings. The van der Waals surface area contributed by atoms with E-state index in [9.17, 15) is 22.8 Å². The maximum atomic E-state index is 12.7. The number of carbonyl (C=O) groups is 1. The third-order valence-electron chi connectivity index (χ3n) is 3.83. The molecule has 0 atom stereocenters. The highest BCUT2D eigenvalue weighted by Gasteiger charge is 2.30. The van der Waals surface area contributed by atoms with Gasteiger partial charge in [-0.3, -0.25) is 14.0 Å². The average Bonchev–Trinajstić information content (AvgIpc) is 2.61. The minimum Gasteiger partial charge on any atom is -0.325 e. The predicted octanol–water partition coefficient (Wildman–Crippen LogP) is 3.89. The number of nitrogens with one attached hydrogen (secondary N) is 1. The molecule has 0 saturated heterocycles.